The predicted molar refractivity (Wildman–Crippen MR) is 159 cm³/mol. The van der Waals surface area contributed by atoms with E-state index in [1.165, 1.54) is 5.56 Å². The number of amides is 1. The van der Waals surface area contributed by atoms with Gasteiger partial charge < -0.3 is 19.5 Å². The van der Waals surface area contributed by atoms with Crippen LogP contribution in [0.2, 0.25) is 0 Å². The van der Waals surface area contributed by atoms with Crippen LogP contribution in [0.25, 0.3) is 5.76 Å². The second-order valence-corrected chi connectivity index (χ2v) is 10.6. The summed E-state index contributed by atoms with van der Waals surface area (Å²) in [7, 11) is 0. The number of ether oxygens (including phenoxy) is 2. The summed E-state index contributed by atoms with van der Waals surface area (Å²) in [6.45, 7) is 8.81. The smallest absolute Gasteiger partial charge is 0.295 e. The molecule has 41 heavy (non-hydrogen) atoms. The van der Waals surface area contributed by atoms with Gasteiger partial charge in [-0.2, -0.15) is 0 Å². The highest BCUT2D eigenvalue weighted by Crippen LogP contribution is 2.40. The van der Waals surface area contributed by atoms with Crippen LogP contribution in [0.15, 0.2) is 78.4 Å². The summed E-state index contributed by atoms with van der Waals surface area (Å²) in [5, 5.41) is 11.5. The first-order valence-corrected chi connectivity index (χ1v) is 14.4. The molecule has 2 aliphatic rings. The van der Waals surface area contributed by atoms with Gasteiger partial charge in [0.05, 0.1) is 24.8 Å². The van der Waals surface area contributed by atoms with Crippen LogP contribution in [0.3, 0.4) is 0 Å². The van der Waals surface area contributed by atoms with E-state index in [0.29, 0.717) is 37.7 Å². The Bertz CT molecular complexity index is 1390. The number of likely N-dealkylation sites (tertiary alicyclic amines) is 1. The molecular formula is C34H38N2O5. The molecule has 214 valence electrons. The molecule has 5 rings (SSSR count). The Morgan fingerprint density at radius 3 is 2.37 bits per heavy atom. The van der Waals surface area contributed by atoms with Crippen molar-refractivity contribution in [2.45, 2.75) is 39.3 Å². The molecule has 7 nitrogen and oxygen atoms in total. The molecule has 7 heteroatoms. The van der Waals surface area contributed by atoms with Crippen molar-refractivity contribution in [3.63, 3.8) is 0 Å². The van der Waals surface area contributed by atoms with E-state index in [2.05, 4.69) is 11.8 Å². The van der Waals surface area contributed by atoms with Gasteiger partial charge in [0.2, 0.25) is 0 Å². The fraction of sp³-hybridized carbons (Fsp3) is 0.353. The third-order valence-electron chi connectivity index (χ3n) is 7.91. The fourth-order valence-electron chi connectivity index (χ4n) is 5.53. The van der Waals surface area contributed by atoms with Crippen LogP contribution in [-0.2, 0) is 27.4 Å². The summed E-state index contributed by atoms with van der Waals surface area (Å²) >= 11 is 0. The lowest BCUT2D eigenvalue weighted by molar-refractivity contribution is -0.140. The Labute approximate surface area is 242 Å². The lowest BCUT2D eigenvalue weighted by Crippen LogP contribution is -2.38. The third-order valence-corrected chi connectivity index (χ3v) is 7.91. The van der Waals surface area contributed by atoms with Crippen LogP contribution < -0.4 is 4.74 Å². The minimum Gasteiger partial charge on any atom is -0.507 e. The molecule has 0 spiro atoms. The van der Waals surface area contributed by atoms with Crippen molar-refractivity contribution in [1.82, 2.24) is 9.80 Å². The largest absolute Gasteiger partial charge is 0.507 e. The number of carbonyl (C=O) groups excluding carboxylic acids is 2. The number of hydrogen-bond acceptors (Lipinski definition) is 6. The van der Waals surface area contributed by atoms with Gasteiger partial charge in [-0.05, 0) is 60.2 Å². The monoisotopic (exact) mass is 554 g/mol. The number of carbonyl (C=O) groups is 2. The average Bonchev–Trinajstić information content (AvgIpc) is 3.26. The molecule has 3 aromatic carbocycles. The van der Waals surface area contributed by atoms with E-state index in [0.717, 1.165) is 49.2 Å². The molecule has 0 unspecified atom stereocenters. The first-order chi connectivity index (χ1) is 20.0. The maximum Gasteiger partial charge on any atom is 0.295 e. The maximum atomic E-state index is 13.5. The first-order valence-electron chi connectivity index (χ1n) is 14.4. The summed E-state index contributed by atoms with van der Waals surface area (Å²) in [6, 6.07) is 22.6. The van der Waals surface area contributed by atoms with Crippen LogP contribution >= 0.6 is 0 Å². The number of benzene rings is 3. The summed E-state index contributed by atoms with van der Waals surface area (Å²) in [5.41, 5.74) is 4.47. The zero-order valence-corrected chi connectivity index (χ0v) is 23.8. The van der Waals surface area contributed by atoms with E-state index >= 15 is 0 Å². The molecule has 0 radical (unpaired) electrons. The summed E-state index contributed by atoms with van der Waals surface area (Å²) in [4.78, 5) is 30.8. The molecule has 1 N–H and O–H groups in total. The number of hydrogen-bond donors (Lipinski definition) is 1. The van der Waals surface area contributed by atoms with Gasteiger partial charge >= 0.3 is 0 Å². The second kappa shape index (κ2) is 13.1. The van der Waals surface area contributed by atoms with Crippen molar-refractivity contribution in [3.05, 3.63) is 106 Å². The lowest BCUT2D eigenvalue weighted by atomic mass is 9.94. The number of nitrogens with zero attached hydrogens (tertiary/aromatic N) is 2. The Balaban J connectivity index is 1.42. The molecule has 1 atom stereocenters. The van der Waals surface area contributed by atoms with Gasteiger partial charge in [0.1, 0.15) is 18.1 Å². The summed E-state index contributed by atoms with van der Waals surface area (Å²) in [5.74, 6) is -0.694. The van der Waals surface area contributed by atoms with Crippen LogP contribution in [-0.4, -0.2) is 66.0 Å². The van der Waals surface area contributed by atoms with Gasteiger partial charge in [-0.15, -0.1) is 0 Å². The number of aryl methyl sites for hydroxylation is 2. The Morgan fingerprint density at radius 1 is 0.951 bits per heavy atom. The number of ketones is 1. The minimum absolute atomic E-state index is 0.128. The van der Waals surface area contributed by atoms with Crippen molar-refractivity contribution < 1.29 is 24.2 Å². The maximum absolute atomic E-state index is 13.5. The average molecular weight is 555 g/mol. The molecule has 0 saturated carbocycles. The van der Waals surface area contributed by atoms with E-state index in [1.807, 2.05) is 61.5 Å². The number of morpholine rings is 1. The quantitative estimate of drug-likeness (QED) is 0.209. The fourth-order valence-corrected chi connectivity index (χ4v) is 5.53. The van der Waals surface area contributed by atoms with E-state index in [1.54, 1.807) is 23.1 Å². The molecule has 2 heterocycles. The molecule has 0 bridgehead atoms. The molecular weight excluding hydrogens is 516 g/mol. The van der Waals surface area contributed by atoms with Crippen molar-refractivity contribution in [3.8, 4) is 5.75 Å². The molecule has 0 aliphatic carbocycles. The Morgan fingerprint density at radius 2 is 1.68 bits per heavy atom. The number of rotatable bonds is 10. The first kappa shape index (κ1) is 28.6. The number of Topliss-reactive ketones (excluding diaryl/α,β-unsaturated/α-hetero) is 1. The highest BCUT2D eigenvalue weighted by Gasteiger charge is 2.45. The topological polar surface area (TPSA) is 79.3 Å². The third kappa shape index (κ3) is 6.53. The molecule has 2 aliphatic heterocycles. The van der Waals surface area contributed by atoms with Crippen LogP contribution in [0, 0.1) is 6.92 Å². The van der Waals surface area contributed by atoms with Gasteiger partial charge in [-0.3, -0.25) is 14.5 Å². The molecule has 1 amide bonds. The minimum atomic E-state index is -0.653. The molecule has 0 aromatic heterocycles. The van der Waals surface area contributed by atoms with Crippen LogP contribution in [0.1, 0.15) is 47.2 Å². The normalized spacial score (nSPS) is 19.1. The van der Waals surface area contributed by atoms with Crippen LogP contribution in [0.4, 0.5) is 0 Å². The second-order valence-electron chi connectivity index (χ2n) is 10.6. The Hall–Kier alpha value is -3.94. The van der Waals surface area contributed by atoms with Crippen molar-refractivity contribution in [1.29, 1.82) is 0 Å². The standard InChI is InChI=1S/C34H38N2O5/c1-3-25-10-12-27(13-11-25)31-30(33(38)34(39)36(31)17-7-16-35-18-20-40-21-19-35)32(37)28-14-15-29(24(2)22-28)41-23-26-8-5-4-6-9-26/h4-6,8-15,22,31,37H,3,7,16-21,23H2,1-2H3/t31-/m0/s1. The SMILES string of the molecule is CCc1ccc([C@H]2C(=C(O)c3ccc(OCc4ccccc4)c(C)c3)C(=O)C(=O)N2CCCN2CCOCC2)cc1. The van der Waals surface area contributed by atoms with Gasteiger partial charge in [-0.25, -0.2) is 0 Å². The van der Waals surface area contributed by atoms with E-state index in [4.69, 9.17) is 9.47 Å². The van der Waals surface area contributed by atoms with Gasteiger partial charge in [-0.1, -0.05) is 61.5 Å². The van der Waals surface area contributed by atoms with E-state index in [9.17, 15) is 14.7 Å². The molecule has 2 fully saturated rings. The van der Waals surface area contributed by atoms with Crippen molar-refractivity contribution in [2.75, 3.05) is 39.4 Å². The van der Waals surface area contributed by atoms with Gasteiger partial charge in [0.25, 0.3) is 11.7 Å². The highest BCUT2D eigenvalue weighted by molar-refractivity contribution is 6.46. The van der Waals surface area contributed by atoms with Crippen molar-refractivity contribution >= 4 is 17.4 Å². The highest BCUT2D eigenvalue weighted by atomic mass is 16.5. The predicted octanol–water partition coefficient (Wildman–Crippen LogP) is 5.28. The summed E-state index contributed by atoms with van der Waals surface area (Å²) in [6.07, 6.45) is 1.61. The molecule has 2 saturated heterocycles. The van der Waals surface area contributed by atoms with Gasteiger partial charge in [0.15, 0.2) is 0 Å². The van der Waals surface area contributed by atoms with Crippen LogP contribution in [0.5, 0.6) is 5.75 Å². The zero-order chi connectivity index (χ0) is 28.8. The summed E-state index contributed by atoms with van der Waals surface area (Å²) < 4.78 is 11.4. The molecule has 3 aromatic rings. The Kier molecular flexibility index (Phi) is 9.17. The lowest BCUT2D eigenvalue weighted by Gasteiger charge is -2.29. The number of aliphatic hydroxyl groups is 1. The van der Waals surface area contributed by atoms with Gasteiger partial charge in [0, 0.05) is 31.7 Å². The number of aliphatic hydroxyl groups excluding tert-OH is 1. The van der Waals surface area contributed by atoms with Crippen molar-refractivity contribution in [2.24, 2.45) is 0 Å². The van der Waals surface area contributed by atoms with E-state index < -0.39 is 17.7 Å². The zero-order valence-electron chi connectivity index (χ0n) is 23.8. The van der Waals surface area contributed by atoms with E-state index in [-0.39, 0.29) is 11.3 Å².